The van der Waals surface area contributed by atoms with Crippen LogP contribution in [0, 0.1) is 0 Å². The lowest BCUT2D eigenvalue weighted by molar-refractivity contribution is 0.853. The molecule has 0 bridgehead atoms. The zero-order valence-corrected chi connectivity index (χ0v) is 14.8. The van der Waals surface area contributed by atoms with Crippen LogP contribution in [-0.4, -0.2) is 31.7 Å². The lowest BCUT2D eigenvalue weighted by atomic mass is 10.1. The van der Waals surface area contributed by atoms with Gasteiger partial charge in [-0.2, -0.15) is 0 Å². The van der Waals surface area contributed by atoms with E-state index in [4.69, 9.17) is 28.2 Å². The van der Waals surface area contributed by atoms with E-state index in [1.54, 1.807) is 24.2 Å². The zero-order chi connectivity index (χ0) is 16.7. The van der Waals surface area contributed by atoms with Crippen molar-refractivity contribution in [2.24, 2.45) is 4.99 Å². The second kappa shape index (κ2) is 6.20. The Morgan fingerprint density at radius 2 is 1.96 bits per heavy atom. The fourth-order valence-electron chi connectivity index (χ4n) is 2.64. The third-order valence-electron chi connectivity index (χ3n) is 3.72. The van der Waals surface area contributed by atoms with Gasteiger partial charge in [-0.05, 0) is 24.5 Å². The number of hydrogen-bond donors (Lipinski definition) is 0. The predicted octanol–water partition coefficient (Wildman–Crippen LogP) is 4.18. The van der Waals surface area contributed by atoms with Crippen LogP contribution < -0.4 is 0 Å². The van der Waals surface area contributed by atoms with E-state index < -0.39 is 0 Å². The molecule has 4 rings (SSSR count). The topological polar surface area (TPSA) is 56.0 Å². The van der Waals surface area contributed by atoms with E-state index in [-0.39, 0.29) is 5.37 Å². The molecule has 120 valence electrons. The van der Waals surface area contributed by atoms with Crippen molar-refractivity contribution in [2.75, 3.05) is 6.26 Å². The molecule has 0 fully saturated rings. The second-order valence-corrected chi connectivity index (χ2v) is 6.82. The van der Waals surface area contributed by atoms with Gasteiger partial charge in [-0.3, -0.25) is 9.56 Å². The average molecular weight is 376 g/mol. The van der Waals surface area contributed by atoms with Crippen LogP contribution in [0.5, 0.6) is 0 Å². The molecule has 0 amide bonds. The predicted molar refractivity (Wildman–Crippen MR) is 97.5 cm³/mol. The molecule has 0 spiro atoms. The molecule has 2 aromatic heterocycles. The van der Waals surface area contributed by atoms with Gasteiger partial charge in [0.05, 0.1) is 16.4 Å². The lowest BCUT2D eigenvalue weighted by Gasteiger charge is -2.11. The quantitative estimate of drug-likeness (QED) is 0.630. The summed E-state index contributed by atoms with van der Waals surface area (Å²) in [6.07, 6.45) is 3.64. The Bertz CT molecular complexity index is 953. The van der Waals surface area contributed by atoms with Crippen molar-refractivity contribution in [3.05, 3.63) is 70.0 Å². The van der Waals surface area contributed by atoms with Gasteiger partial charge in [-0.1, -0.05) is 41.4 Å². The molecule has 0 radical (unpaired) electrons. The van der Waals surface area contributed by atoms with E-state index in [0.717, 1.165) is 17.1 Å². The largest absolute Gasteiger partial charge is 0.281 e. The monoisotopic (exact) mass is 375 g/mol. The van der Waals surface area contributed by atoms with Crippen LogP contribution in [0.4, 0.5) is 0 Å². The molecule has 0 saturated carbocycles. The normalized spacial score (nSPS) is 16.1. The SMILES string of the molecule is CSC1N=C(c2ccccc2Cl)c2nc(Cl)ccc2-n2cnnc21. The summed E-state index contributed by atoms with van der Waals surface area (Å²) in [5.41, 5.74) is 3.00. The van der Waals surface area contributed by atoms with Gasteiger partial charge in [0, 0.05) is 5.56 Å². The van der Waals surface area contributed by atoms with E-state index in [2.05, 4.69) is 15.2 Å². The molecule has 3 heterocycles. The lowest BCUT2D eigenvalue weighted by Crippen LogP contribution is -2.10. The maximum Gasteiger partial charge on any atom is 0.172 e. The van der Waals surface area contributed by atoms with E-state index in [1.165, 1.54) is 0 Å². The van der Waals surface area contributed by atoms with Crippen LogP contribution in [0.15, 0.2) is 47.7 Å². The van der Waals surface area contributed by atoms with Gasteiger partial charge in [0.25, 0.3) is 0 Å². The average Bonchev–Trinajstić information content (AvgIpc) is 3.02. The number of halogens is 2. The molecule has 0 saturated heterocycles. The van der Waals surface area contributed by atoms with Crippen LogP contribution in [0.1, 0.15) is 22.5 Å². The summed E-state index contributed by atoms with van der Waals surface area (Å²) in [4.78, 5) is 9.38. The molecule has 5 nitrogen and oxygen atoms in total. The molecule has 1 aromatic carbocycles. The Labute approximate surface area is 152 Å². The second-order valence-electron chi connectivity index (χ2n) is 5.11. The van der Waals surface area contributed by atoms with E-state index in [0.29, 0.717) is 21.6 Å². The number of thioether (sulfide) groups is 1. The highest BCUT2D eigenvalue weighted by Gasteiger charge is 2.27. The summed E-state index contributed by atoms with van der Waals surface area (Å²) in [6.45, 7) is 0. The first kappa shape index (κ1) is 15.6. The van der Waals surface area contributed by atoms with Crippen molar-refractivity contribution in [3.8, 4) is 5.69 Å². The zero-order valence-electron chi connectivity index (χ0n) is 12.5. The minimum absolute atomic E-state index is 0.216. The number of hydrogen-bond acceptors (Lipinski definition) is 5. The van der Waals surface area contributed by atoms with Crippen LogP contribution in [0.2, 0.25) is 10.2 Å². The van der Waals surface area contributed by atoms with Crippen molar-refractivity contribution in [1.29, 1.82) is 0 Å². The number of rotatable bonds is 2. The van der Waals surface area contributed by atoms with Gasteiger partial charge >= 0.3 is 0 Å². The highest BCUT2D eigenvalue weighted by Crippen LogP contribution is 2.35. The first-order valence-electron chi connectivity index (χ1n) is 7.11. The minimum atomic E-state index is -0.216. The number of aliphatic imine (C=N–C) groups is 1. The first-order chi connectivity index (χ1) is 11.7. The fraction of sp³-hybridized carbons (Fsp3) is 0.125. The number of aromatic nitrogens is 4. The maximum atomic E-state index is 6.41. The Balaban J connectivity index is 2.05. The Morgan fingerprint density at radius 1 is 1.12 bits per heavy atom. The molecule has 24 heavy (non-hydrogen) atoms. The van der Waals surface area contributed by atoms with Crippen molar-refractivity contribution in [1.82, 2.24) is 19.7 Å². The van der Waals surface area contributed by atoms with E-state index >= 15 is 0 Å². The van der Waals surface area contributed by atoms with Crippen molar-refractivity contribution in [3.63, 3.8) is 0 Å². The van der Waals surface area contributed by atoms with Gasteiger partial charge in [0.15, 0.2) is 11.2 Å². The summed E-state index contributed by atoms with van der Waals surface area (Å²) in [6, 6.07) is 11.2. The summed E-state index contributed by atoms with van der Waals surface area (Å²) in [5, 5.41) is 9.05. The molecular weight excluding hydrogens is 365 g/mol. The van der Waals surface area contributed by atoms with E-state index in [9.17, 15) is 0 Å². The molecule has 1 unspecified atom stereocenters. The number of nitrogens with zero attached hydrogens (tertiary/aromatic N) is 5. The van der Waals surface area contributed by atoms with Crippen LogP contribution in [0.3, 0.4) is 0 Å². The van der Waals surface area contributed by atoms with Crippen molar-refractivity contribution in [2.45, 2.75) is 5.37 Å². The smallest absolute Gasteiger partial charge is 0.172 e. The molecule has 1 aliphatic heterocycles. The summed E-state index contributed by atoms with van der Waals surface area (Å²) >= 11 is 14.1. The van der Waals surface area contributed by atoms with Crippen molar-refractivity contribution >= 4 is 40.7 Å². The highest BCUT2D eigenvalue weighted by atomic mass is 35.5. The maximum absolute atomic E-state index is 6.41. The van der Waals surface area contributed by atoms with E-state index in [1.807, 2.05) is 41.2 Å². The Morgan fingerprint density at radius 3 is 2.75 bits per heavy atom. The van der Waals surface area contributed by atoms with Gasteiger partial charge < -0.3 is 0 Å². The molecule has 1 atom stereocenters. The van der Waals surface area contributed by atoms with Gasteiger partial charge in [-0.25, -0.2) is 4.98 Å². The standard InChI is InChI=1S/C16H11Cl2N5S/c1-24-16-15-22-19-8-23(15)11-6-7-12(18)20-14(11)13(21-16)9-4-2-3-5-10(9)17/h2-8,16H,1H3. The van der Waals surface area contributed by atoms with Crippen LogP contribution in [0.25, 0.3) is 5.69 Å². The number of fused-ring (bicyclic) bond motifs is 3. The van der Waals surface area contributed by atoms with Crippen molar-refractivity contribution < 1.29 is 0 Å². The molecule has 1 aliphatic rings. The molecule has 3 aromatic rings. The number of benzene rings is 1. The summed E-state index contributed by atoms with van der Waals surface area (Å²) < 4.78 is 1.90. The molecular formula is C16H11Cl2N5S. The minimum Gasteiger partial charge on any atom is -0.281 e. The molecule has 8 heteroatoms. The number of pyridine rings is 1. The third kappa shape index (κ3) is 2.51. The first-order valence-corrected chi connectivity index (χ1v) is 9.16. The summed E-state index contributed by atoms with van der Waals surface area (Å²) in [7, 11) is 0. The highest BCUT2D eigenvalue weighted by molar-refractivity contribution is 7.98. The third-order valence-corrected chi connectivity index (χ3v) is 5.02. The van der Waals surface area contributed by atoms with Gasteiger partial charge in [0.1, 0.15) is 17.2 Å². The molecule has 0 N–H and O–H groups in total. The fourth-order valence-corrected chi connectivity index (χ4v) is 3.59. The molecule has 0 aliphatic carbocycles. The Kier molecular flexibility index (Phi) is 4.04. The van der Waals surface area contributed by atoms with Crippen LogP contribution >= 0.6 is 35.0 Å². The summed E-state index contributed by atoms with van der Waals surface area (Å²) in [5.74, 6) is 0.745. The van der Waals surface area contributed by atoms with Gasteiger partial charge in [0.2, 0.25) is 0 Å². The van der Waals surface area contributed by atoms with Gasteiger partial charge in [-0.15, -0.1) is 22.0 Å². The van der Waals surface area contributed by atoms with Crippen LogP contribution in [-0.2, 0) is 0 Å². The Hall–Kier alpha value is -1.89.